The Hall–Kier alpha value is -1.37. The lowest BCUT2D eigenvalue weighted by Gasteiger charge is -2.16. The summed E-state index contributed by atoms with van der Waals surface area (Å²) in [5, 5.41) is 0. The first-order valence-corrected chi connectivity index (χ1v) is 8.40. The number of hydrogen-bond donors (Lipinski definition) is 0. The molecule has 0 amide bonds. The second kappa shape index (κ2) is 9.61. The molecule has 22 heavy (non-hydrogen) atoms. The van der Waals surface area contributed by atoms with Gasteiger partial charge in [-0.2, -0.15) is 0 Å². The molecule has 1 heteroatoms. The van der Waals surface area contributed by atoms with E-state index in [1.165, 1.54) is 22.3 Å². The van der Waals surface area contributed by atoms with Crippen LogP contribution in [0.3, 0.4) is 0 Å². The number of benzene rings is 1. The van der Waals surface area contributed by atoms with E-state index in [9.17, 15) is 4.79 Å². The van der Waals surface area contributed by atoms with Crippen molar-refractivity contribution in [2.45, 2.75) is 80.6 Å². The molecule has 1 aromatic rings. The minimum Gasteiger partial charge on any atom is -0.295 e. The fourth-order valence-corrected chi connectivity index (χ4v) is 2.49. The molecule has 0 N–H and O–H groups in total. The summed E-state index contributed by atoms with van der Waals surface area (Å²) in [5.74, 6) is 1.46. The predicted molar refractivity (Wildman–Crippen MR) is 98.7 cm³/mol. The van der Waals surface area contributed by atoms with Gasteiger partial charge in [-0.3, -0.25) is 4.79 Å². The number of Topliss-reactive ketones (excluding diaryl/α,β-unsaturated/α-hetero) is 1. The standard InChI is InChI=1S/C13H20.C8H14O/c1-9(2)12-7-6-8-13(10(3)4)11(12)5;1-5-6(2)7(3)8(4)9/h6-10H,1-5H3;5H2,1-4H3/b;7-6+. The van der Waals surface area contributed by atoms with Gasteiger partial charge >= 0.3 is 0 Å². The van der Waals surface area contributed by atoms with Crippen LogP contribution in [0.1, 0.15) is 90.3 Å². The third-order valence-corrected chi connectivity index (χ3v) is 4.36. The lowest BCUT2D eigenvalue weighted by Crippen LogP contribution is -1.98. The first kappa shape index (κ1) is 20.6. The number of carbonyl (C=O) groups is 1. The second-order valence-corrected chi connectivity index (χ2v) is 6.69. The summed E-state index contributed by atoms with van der Waals surface area (Å²) in [6.07, 6.45) is 0.978. The van der Waals surface area contributed by atoms with Crippen molar-refractivity contribution < 1.29 is 4.79 Å². The highest BCUT2D eigenvalue weighted by molar-refractivity contribution is 5.93. The van der Waals surface area contributed by atoms with Crippen LogP contribution in [0.25, 0.3) is 0 Å². The van der Waals surface area contributed by atoms with Crippen molar-refractivity contribution >= 4 is 5.78 Å². The zero-order chi connectivity index (χ0) is 17.4. The predicted octanol–water partition coefficient (Wildman–Crippen LogP) is 6.56. The Morgan fingerprint density at radius 2 is 1.36 bits per heavy atom. The SMILES string of the molecule is CC/C(C)=C(\C)C(C)=O.Cc1c(C(C)C)cccc1C(C)C. The lowest BCUT2D eigenvalue weighted by molar-refractivity contribution is -0.113. The summed E-state index contributed by atoms with van der Waals surface area (Å²) in [4.78, 5) is 10.7. The van der Waals surface area contributed by atoms with Crippen molar-refractivity contribution in [3.63, 3.8) is 0 Å². The van der Waals surface area contributed by atoms with Gasteiger partial charge in [0.25, 0.3) is 0 Å². The number of carbonyl (C=O) groups excluding carboxylic acids is 1. The number of rotatable bonds is 4. The van der Waals surface area contributed by atoms with Crippen LogP contribution >= 0.6 is 0 Å². The van der Waals surface area contributed by atoms with Crippen LogP contribution in [0.5, 0.6) is 0 Å². The van der Waals surface area contributed by atoms with Crippen LogP contribution in [-0.4, -0.2) is 5.78 Å². The first-order chi connectivity index (χ1) is 10.1. The molecule has 0 fully saturated rings. The Kier molecular flexibility index (Phi) is 9.01. The van der Waals surface area contributed by atoms with Crippen molar-refractivity contribution in [2.75, 3.05) is 0 Å². The smallest absolute Gasteiger partial charge is 0.155 e. The monoisotopic (exact) mass is 302 g/mol. The van der Waals surface area contributed by atoms with Gasteiger partial charge in [-0.25, -0.2) is 0 Å². The average Bonchev–Trinajstić information content (AvgIpc) is 2.45. The normalized spacial score (nSPS) is 12.0. The van der Waals surface area contributed by atoms with Gasteiger partial charge in [0.1, 0.15) is 0 Å². The van der Waals surface area contributed by atoms with Crippen molar-refractivity contribution in [2.24, 2.45) is 0 Å². The quantitative estimate of drug-likeness (QED) is 0.575. The number of ketones is 1. The fourth-order valence-electron chi connectivity index (χ4n) is 2.49. The van der Waals surface area contributed by atoms with E-state index in [0.717, 1.165) is 12.0 Å². The van der Waals surface area contributed by atoms with E-state index in [0.29, 0.717) is 11.8 Å². The molecule has 0 atom stereocenters. The van der Waals surface area contributed by atoms with Crippen LogP contribution in [0.4, 0.5) is 0 Å². The summed E-state index contributed by atoms with van der Waals surface area (Å²) in [6, 6.07) is 6.66. The van der Waals surface area contributed by atoms with Crippen LogP contribution in [0.2, 0.25) is 0 Å². The summed E-state index contributed by atoms with van der Waals surface area (Å²) in [5.41, 5.74) is 6.57. The zero-order valence-corrected chi connectivity index (χ0v) is 16.0. The summed E-state index contributed by atoms with van der Waals surface area (Å²) < 4.78 is 0. The molecule has 0 radical (unpaired) electrons. The molecule has 0 spiro atoms. The maximum Gasteiger partial charge on any atom is 0.155 e. The molecule has 124 valence electrons. The van der Waals surface area contributed by atoms with Crippen LogP contribution in [0, 0.1) is 6.92 Å². The molecule has 0 aliphatic heterocycles. The molecule has 0 unspecified atom stereocenters. The van der Waals surface area contributed by atoms with E-state index in [1.54, 1.807) is 6.92 Å². The zero-order valence-electron chi connectivity index (χ0n) is 16.0. The average molecular weight is 303 g/mol. The molecule has 0 saturated heterocycles. The first-order valence-electron chi connectivity index (χ1n) is 8.40. The van der Waals surface area contributed by atoms with Gasteiger partial charge in [-0.1, -0.05) is 58.4 Å². The van der Waals surface area contributed by atoms with E-state index < -0.39 is 0 Å². The Morgan fingerprint density at radius 1 is 0.955 bits per heavy atom. The maximum absolute atomic E-state index is 10.7. The van der Waals surface area contributed by atoms with Gasteiger partial charge in [0, 0.05) is 0 Å². The minimum atomic E-state index is 0.189. The van der Waals surface area contributed by atoms with Gasteiger partial charge in [-0.15, -0.1) is 0 Å². The van der Waals surface area contributed by atoms with E-state index in [4.69, 9.17) is 0 Å². The van der Waals surface area contributed by atoms with Crippen molar-refractivity contribution in [1.82, 2.24) is 0 Å². The Labute approximate surface area is 137 Å². The highest BCUT2D eigenvalue weighted by Gasteiger charge is 2.08. The summed E-state index contributed by atoms with van der Waals surface area (Å²) in [6.45, 7) is 18.8. The molecule has 0 bridgehead atoms. The van der Waals surface area contributed by atoms with E-state index >= 15 is 0 Å². The highest BCUT2D eigenvalue weighted by atomic mass is 16.1. The van der Waals surface area contributed by atoms with Crippen molar-refractivity contribution in [3.05, 3.63) is 46.0 Å². The van der Waals surface area contributed by atoms with Gasteiger partial charge in [0.05, 0.1) is 0 Å². The largest absolute Gasteiger partial charge is 0.295 e. The van der Waals surface area contributed by atoms with Gasteiger partial charge in [0.15, 0.2) is 5.78 Å². The topological polar surface area (TPSA) is 17.1 Å². The second-order valence-electron chi connectivity index (χ2n) is 6.69. The molecule has 0 saturated carbocycles. The number of allylic oxidation sites excluding steroid dienone is 2. The molecular weight excluding hydrogens is 268 g/mol. The third-order valence-electron chi connectivity index (χ3n) is 4.36. The molecular formula is C21H34O. The molecule has 1 aromatic carbocycles. The fraction of sp³-hybridized carbons (Fsp3) is 0.571. The van der Waals surface area contributed by atoms with Crippen molar-refractivity contribution in [1.29, 1.82) is 0 Å². The molecule has 1 rings (SSSR count). The Balaban J connectivity index is 0.000000433. The summed E-state index contributed by atoms with van der Waals surface area (Å²) in [7, 11) is 0. The van der Waals surface area contributed by atoms with Gasteiger partial charge in [-0.05, 0) is 68.2 Å². The Morgan fingerprint density at radius 3 is 1.59 bits per heavy atom. The summed E-state index contributed by atoms with van der Waals surface area (Å²) >= 11 is 0. The maximum atomic E-state index is 10.7. The molecule has 0 heterocycles. The lowest BCUT2D eigenvalue weighted by atomic mass is 9.90. The van der Waals surface area contributed by atoms with Crippen LogP contribution in [-0.2, 0) is 4.79 Å². The minimum absolute atomic E-state index is 0.189. The molecule has 0 aliphatic carbocycles. The van der Waals surface area contributed by atoms with Gasteiger partial charge < -0.3 is 0 Å². The highest BCUT2D eigenvalue weighted by Crippen LogP contribution is 2.26. The molecule has 0 aromatic heterocycles. The van der Waals surface area contributed by atoms with Gasteiger partial charge in [0.2, 0.25) is 0 Å². The third kappa shape index (κ3) is 6.17. The van der Waals surface area contributed by atoms with Crippen molar-refractivity contribution in [3.8, 4) is 0 Å². The van der Waals surface area contributed by atoms with E-state index in [2.05, 4.69) is 59.7 Å². The van der Waals surface area contributed by atoms with Crippen LogP contribution < -0.4 is 0 Å². The van der Waals surface area contributed by atoms with E-state index in [1.807, 2.05) is 13.8 Å². The Bertz CT molecular complexity index is 492. The van der Waals surface area contributed by atoms with E-state index in [-0.39, 0.29) is 5.78 Å². The molecule has 0 aliphatic rings. The number of hydrogen-bond acceptors (Lipinski definition) is 1. The molecule has 1 nitrogen and oxygen atoms in total. The van der Waals surface area contributed by atoms with Crippen LogP contribution in [0.15, 0.2) is 29.3 Å².